The standard InChI is InChI=1S/C14H20.H3O3P/c1-13(2,3)11-9-7-8-10(9)12(11)14(4,5)6;1-4(2)3/h7-8H,1-6H3;1-3H. The monoisotopic (exact) mass is 270 g/mol. The van der Waals surface area contributed by atoms with Crippen LogP contribution in [0.3, 0.4) is 0 Å². The zero-order chi connectivity index (χ0) is 14.3. The van der Waals surface area contributed by atoms with Crippen molar-refractivity contribution in [1.82, 2.24) is 0 Å². The molecular formula is C14H23O3P. The van der Waals surface area contributed by atoms with E-state index in [1.807, 2.05) is 0 Å². The molecule has 18 heavy (non-hydrogen) atoms. The first-order valence-electron chi connectivity index (χ1n) is 6.01. The Balaban J connectivity index is 0.000000357. The van der Waals surface area contributed by atoms with Crippen LogP contribution >= 0.6 is 8.60 Å². The second-order valence-electron chi connectivity index (χ2n) is 6.68. The maximum Gasteiger partial charge on any atom is 0.324 e. The minimum Gasteiger partial charge on any atom is -0.328 e. The maximum absolute atomic E-state index is 7.23. The fraction of sp³-hybridized carbons (Fsp3) is 0.571. The second-order valence-corrected chi connectivity index (χ2v) is 7.22. The SMILES string of the molecule is CC(C)(C)c1c2ccc-2c1C(C)(C)C.OP(O)O. The van der Waals surface area contributed by atoms with Crippen LogP contribution in [0.15, 0.2) is 12.1 Å². The number of rotatable bonds is 0. The summed E-state index contributed by atoms with van der Waals surface area (Å²) >= 11 is 0. The van der Waals surface area contributed by atoms with Crippen molar-refractivity contribution in [1.29, 1.82) is 0 Å². The Kier molecular flexibility index (Phi) is 4.24. The lowest BCUT2D eigenvalue weighted by atomic mass is 9.62. The van der Waals surface area contributed by atoms with E-state index in [1.54, 1.807) is 11.1 Å². The summed E-state index contributed by atoms with van der Waals surface area (Å²) in [5, 5.41) is 0. The van der Waals surface area contributed by atoms with Crippen molar-refractivity contribution in [2.45, 2.75) is 52.4 Å². The van der Waals surface area contributed by atoms with Crippen LogP contribution in [-0.4, -0.2) is 14.7 Å². The molecule has 102 valence electrons. The lowest BCUT2D eigenvalue weighted by Crippen LogP contribution is -2.29. The van der Waals surface area contributed by atoms with Crippen molar-refractivity contribution >= 4 is 8.60 Å². The van der Waals surface area contributed by atoms with E-state index in [4.69, 9.17) is 14.7 Å². The Morgan fingerprint density at radius 2 is 0.944 bits per heavy atom. The molecule has 0 unspecified atom stereocenters. The number of hydrogen-bond acceptors (Lipinski definition) is 3. The van der Waals surface area contributed by atoms with Crippen molar-refractivity contribution in [3.63, 3.8) is 0 Å². The van der Waals surface area contributed by atoms with E-state index in [0.717, 1.165) is 0 Å². The van der Waals surface area contributed by atoms with E-state index < -0.39 is 8.60 Å². The Bertz CT molecular complexity index is 398. The summed E-state index contributed by atoms with van der Waals surface area (Å²) in [6, 6.07) is 4.51. The summed E-state index contributed by atoms with van der Waals surface area (Å²) in [6.45, 7) is 13.9. The molecule has 0 aromatic rings. The van der Waals surface area contributed by atoms with E-state index in [1.165, 1.54) is 11.1 Å². The molecule has 0 saturated carbocycles. The zero-order valence-electron chi connectivity index (χ0n) is 11.9. The third-order valence-corrected chi connectivity index (χ3v) is 3.00. The number of benzene rings is 1. The molecule has 4 heteroatoms. The highest BCUT2D eigenvalue weighted by atomic mass is 31.2. The Morgan fingerprint density at radius 1 is 0.722 bits per heavy atom. The minimum absolute atomic E-state index is 0.298. The zero-order valence-corrected chi connectivity index (χ0v) is 12.8. The van der Waals surface area contributed by atoms with Gasteiger partial charge in [0.1, 0.15) is 0 Å². The van der Waals surface area contributed by atoms with E-state index in [-0.39, 0.29) is 0 Å². The molecule has 2 aliphatic carbocycles. The van der Waals surface area contributed by atoms with Gasteiger partial charge in [-0.2, -0.15) is 0 Å². The molecule has 0 saturated heterocycles. The predicted molar refractivity (Wildman–Crippen MR) is 76.4 cm³/mol. The second kappa shape index (κ2) is 4.90. The Labute approximate surface area is 110 Å². The van der Waals surface area contributed by atoms with Crippen molar-refractivity contribution in [3.8, 4) is 11.1 Å². The van der Waals surface area contributed by atoms with Crippen molar-refractivity contribution in [3.05, 3.63) is 23.3 Å². The average Bonchev–Trinajstić information content (AvgIpc) is 2.03. The van der Waals surface area contributed by atoms with E-state index in [0.29, 0.717) is 10.8 Å². The third kappa shape index (κ3) is 3.10. The summed E-state index contributed by atoms with van der Waals surface area (Å²) < 4.78 is 0. The summed E-state index contributed by atoms with van der Waals surface area (Å²) in [4.78, 5) is 21.7. The molecule has 0 bridgehead atoms. The Morgan fingerprint density at radius 3 is 1.06 bits per heavy atom. The average molecular weight is 270 g/mol. The molecule has 0 aliphatic heterocycles. The van der Waals surface area contributed by atoms with Gasteiger partial charge >= 0.3 is 8.60 Å². The molecule has 0 spiro atoms. The van der Waals surface area contributed by atoms with Gasteiger partial charge < -0.3 is 14.7 Å². The topological polar surface area (TPSA) is 60.7 Å². The maximum atomic E-state index is 7.23. The molecule has 0 heterocycles. The summed E-state index contributed by atoms with van der Waals surface area (Å²) in [6.07, 6.45) is 0. The van der Waals surface area contributed by atoms with Gasteiger partial charge in [-0.25, -0.2) is 0 Å². The highest BCUT2D eigenvalue weighted by molar-refractivity contribution is 7.38. The highest BCUT2D eigenvalue weighted by Crippen LogP contribution is 2.52. The molecule has 2 rings (SSSR count). The molecule has 3 nitrogen and oxygen atoms in total. The smallest absolute Gasteiger partial charge is 0.324 e. The van der Waals surface area contributed by atoms with Gasteiger partial charge in [0.2, 0.25) is 0 Å². The van der Waals surface area contributed by atoms with Crippen LogP contribution in [-0.2, 0) is 10.8 Å². The molecule has 0 fully saturated rings. The molecule has 2 aliphatic rings. The summed E-state index contributed by atoms with van der Waals surface area (Å²) in [5.74, 6) is 0. The van der Waals surface area contributed by atoms with Gasteiger partial charge in [-0.3, -0.25) is 0 Å². The van der Waals surface area contributed by atoms with Crippen LogP contribution in [0.5, 0.6) is 0 Å². The van der Waals surface area contributed by atoms with Crippen LogP contribution in [0, 0.1) is 0 Å². The van der Waals surface area contributed by atoms with Crippen LogP contribution in [0.1, 0.15) is 52.7 Å². The van der Waals surface area contributed by atoms with Gasteiger partial charge in [-0.1, -0.05) is 53.7 Å². The predicted octanol–water partition coefficient (Wildman–Crippen LogP) is 3.45. The van der Waals surface area contributed by atoms with Gasteiger partial charge in [-0.05, 0) is 33.1 Å². The quantitative estimate of drug-likeness (QED) is 0.642. The lowest BCUT2D eigenvalue weighted by molar-refractivity contribution is 0.368. The van der Waals surface area contributed by atoms with Gasteiger partial charge in [0.05, 0.1) is 0 Å². The normalized spacial score (nSPS) is 13.2. The lowest BCUT2D eigenvalue weighted by Gasteiger charge is -2.41. The molecule has 0 radical (unpaired) electrons. The van der Waals surface area contributed by atoms with Crippen molar-refractivity contribution in [2.24, 2.45) is 0 Å². The third-order valence-electron chi connectivity index (χ3n) is 3.00. The molecular weight excluding hydrogens is 247 g/mol. The van der Waals surface area contributed by atoms with Gasteiger partial charge in [0.15, 0.2) is 0 Å². The van der Waals surface area contributed by atoms with E-state index in [2.05, 4.69) is 53.7 Å². The van der Waals surface area contributed by atoms with Crippen LogP contribution in [0.2, 0.25) is 0 Å². The van der Waals surface area contributed by atoms with Crippen LogP contribution in [0.25, 0.3) is 11.1 Å². The largest absolute Gasteiger partial charge is 0.328 e. The molecule has 0 aromatic heterocycles. The van der Waals surface area contributed by atoms with Gasteiger partial charge in [-0.15, -0.1) is 0 Å². The Hall–Kier alpha value is -0.470. The van der Waals surface area contributed by atoms with Crippen molar-refractivity contribution < 1.29 is 14.7 Å². The first kappa shape index (κ1) is 15.6. The van der Waals surface area contributed by atoms with Crippen LogP contribution < -0.4 is 0 Å². The van der Waals surface area contributed by atoms with Crippen LogP contribution in [0.4, 0.5) is 0 Å². The van der Waals surface area contributed by atoms with E-state index >= 15 is 0 Å². The first-order valence-corrected chi connectivity index (χ1v) is 7.21. The van der Waals surface area contributed by atoms with Gasteiger partial charge in [0, 0.05) is 0 Å². The highest BCUT2D eigenvalue weighted by Gasteiger charge is 2.37. The molecule has 0 amide bonds. The number of hydrogen-bond donors (Lipinski definition) is 3. The minimum atomic E-state index is -2.62. The molecule has 0 atom stereocenters. The molecule has 0 aromatic carbocycles. The first-order chi connectivity index (χ1) is 7.96. The fourth-order valence-corrected chi connectivity index (χ4v) is 2.45. The summed E-state index contributed by atoms with van der Waals surface area (Å²) in [5.41, 5.74) is 6.80. The summed E-state index contributed by atoms with van der Waals surface area (Å²) in [7, 11) is -2.62. The fourth-order valence-electron chi connectivity index (χ4n) is 2.45. The van der Waals surface area contributed by atoms with Gasteiger partial charge in [0.25, 0.3) is 0 Å². The molecule has 3 N–H and O–H groups in total. The van der Waals surface area contributed by atoms with E-state index in [9.17, 15) is 0 Å². The number of fused-ring (bicyclic) bond motifs is 1. The van der Waals surface area contributed by atoms with Crippen molar-refractivity contribution in [2.75, 3.05) is 0 Å².